The fourth-order valence-corrected chi connectivity index (χ4v) is 6.45. The van der Waals surface area contributed by atoms with Crippen molar-refractivity contribution < 1.29 is 0 Å². The van der Waals surface area contributed by atoms with E-state index in [1.165, 1.54) is 10.8 Å². The Labute approximate surface area is 259 Å². The van der Waals surface area contributed by atoms with Gasteiger partial charge in [-0.3, -0.25) is 4.99 Å². The average Bonchev–Trinajstić information content (AvgIpc) is 3.60. The maximum absolute atomic E-state index is 9.80. The van der Waals surface area contributed by atoms with Gasteiger partial charge in [-0.15, -0.1) is 0 Å². The predicted octanol–water partition coefficient (Wildman–Crippen LogP) is 8.16. The summed E-state index contributed by atoms with van der Waals surface area (Å²) < 4.78 is 4.60. The van der Waals surface area contributed by atoms with Crippen LogP contribution in [0.2, 0.25) is 0 Å². The first-order valence-electron chi connectivity index (χ1n) is 14.9. The summed E-state index contributed by atoms with van der Waals surface area (Å²) in [6.07, 6.45) is 0. The van der Waals surface area contributed by atoms with Crippen LogP contribution >= 0.6 is 0 Å². The molecule has 0 amide bonds. The molecule has 0 aliphatic carbocycles. The molecule has 0 saturated heterocycles. The molecule has 2 aromatic heterocycles. The zero-order valence-electron chi connectivity index (χ0n) is 24.4. The summed E-state index contributed by atoms with van der Waals surface area (Å²) in [5, 5.41) is 14.3. The summed E-state index contributed by atoms with van der Waals surface area (Å²) in [6.45, 7) is 0.513. The fourth-order valence-electron chi connectivity index (χ4n) is 6.45. The third-order valence-electron chi connectivity index (χ3n) is 8.48. The van der Waals surface area contributed by atoms with Crippen molar-refractivity contribution in [3.05, 3.63) is 156 Å². The van der Waals surface area contributed by atoms with Crippen molar-refractivity contribution >= 4 is 49.4 Å². The molecule has 45 heavy (non-hydrogen) atoms. The van der Waals surface area contributed by atoms with Gasteiger partial charge in [0.1, 0.15) is 5.84 Å². The van der Waals surface area contributed by atoms with Crippen LogP contribution in [0.3, 0.4) is 0 Å². The van der Waals surface area contributed by atoms with E-state index in [-0.39, 0.29) is 0 Å². The number of rotatable bonds is 5. The Morgan fingerprint density at radius 1 is 0.600 bits per heavy atom. The molecule has 6 aromatic carbocycles. The second-order valence-electron chi connectivity index (χ2n) is 11.1. The maximum atomic E-state index is 9.80. The molecule has 0 aliphatic rings. The molecule has 0 fully saturated rings. The van der Waals surface area contributed by atoms with Crippen molar-refractivity contribution in [3.8, 4) is 17.4 Å². The Hall–Kier alpha value is -6.16. The Morgan fingerprint density at radius 3 is 2.02 bits per heavy atom. The summed E-state index contributed by atoms with van der Waals surface area (Å²) in [4.78, 5) is 4.79. The van der Waals surface area contributed by atoms with Crippen molar-refractivity contribution in [2.75, 3.05) is 0 Å². The number of nitrogens with zero attached hydrogens (tertiary/aromatic N) is 4. The largest absolute Gasteiger partial charge is 0.309 e. The highest BCUT2D eigenvalue weighted by atomic mass is 15.2. The fraction of sp³-hybridized carbons (Fsp3) is 0.0256. The molecule has 0 unspecified atom stereocenters. The molecule has 6 heteroatoms. The highest BCUT2D eigenvalue weighted by Crippen LogP contribution is 2.39. The first kappa shape index (κ1) is 26.5. The lowest BCUT2D eigenvalue weighted by Gasteiger charge is -2.12. The van der Waals surface area contributed by atoms with E-state index in [1.807, 2.05) is 54.6 Å². The van der Waals surface area contributed by atoms with Crippen LogP contribution in [-0.4, -0.2) is 15.0 Å². The third kappa shape index (κ3) is 4.42. The second kappa shape index (κ2) is 10.8. The first-order valence-corrected chi connectivity index (χ1v) is 14.9. The summed E-state index contributed by atoms with van der Waals surface area (Å²) in [6, 6.07) is 50.2. The van der Waals surface area contributed by atoms with Gasteiger partial charge in [0.2, 0.25) is 0 Å². The van der Waals surface area contributed by atoms with Crippen molar-refractivity contribution in [2.45, 2.75) is 6.54 Å². The number of amidine groups is 1. The van der Waals surface area contributed by atoms with Gasteiger partial charge in [0, 0.05) is 38.5 Å². The minimum absolute atomic E-state index is 0.513. The molecule has 214 valence electrons. The van der Waals surface area contributed by atoms with Crippen molar-refractivity contribution in [2.24, 2.45) is 10.8 Å². The highest BCUT2D eigenvalue weighted by Gasteiger charge is 2.19. The van der Waals surface area contributed by atoms with E-state index < -0.39 is 0 Å². The number of hydrazine groups is 1. The van der Waals surface area contributed by atoms with E-state index in [1.54, 1.807) is 0 Å². The van der Waals surface area contributed by atoms with Crippen LogP contribution in [0.5, 0.6) is 0 Å². The first-order chi connectivity index (χ1) is 22.2. The minimum Gasteiger partial charge on any atom is -0.309 e. The average molecular weight is 581 g/mol. The number of para-hydroxylation sites is 2. The normalized spacial score (nSPS) is 11.9. The second-order valence-corrected chi connectivity index (χ2v) is 11.1. The Kier molecular flexibility index (Phi) is 6.37. The lowest BCUT2D eigenvalue weighted by Crippen LogP contribution is -2.31. The molecular weight excluding hydrogens is 552 g/mol. The van der Waals surface area contributed by atoms with Crippen molar-refractivity contribution in [1.82, 2.24) is 14.6 Å². The number of nitrogens with two attached hydrogens (primary N) is 1. The molecular formula is C39H28N6. The number of hydrogen-bond acceptors (Lipinski definition) is 3. The summed E-state index contributed by atoms with van der Waals surface area (Å²) in [7, 11) is 0. The monoisotopic (exact) mass is 580 g/mol. The van der Waals surface area contributed by atoms with E-state index >= 15 is 0 Å². The van der Waals surface area contributed by atoms with E-state index in [4.69, 9.17) is 10.8 Å². The van der Waals surface area contributed by atoms with Gasteiger partial charge in [0.25, 0.3) is 0 Å². The number of fused-ring (bicyclic) bond motifs is 6. The van der Waals surface area contributed by atoms with Crippen LogP contribution in [0.4, 0.5) is 0 Å². The van der Waals surface area contributed by atoms with Gasteiger partial charge in [-0.1, -0.05) is 78.9 Å². The number of hydrogen-bond donors (Lipinski definition) is 2. The molecule has 0 spiro atoms. The zero-order chi connectivity index (χ0) is 30.3. The summed E-state index contributed by atoms with van der Waals surface area (Å²) in [5.41, 5.74) is 11.8. The van der Waals surface area contributed by atoms with Crippen LogP contribution in [0.25, 0.3) is 55.0 Å². The Balaban J connectivity index is 1.40. The van der Waals surface area contributed by atoms with Crippen LogP contribution in [0.1, 0.15) is 16.7 Å². The third-order valence-corrected chi connectivity index (χ3v) is 8.48. The molecule has 0 saturated carbocycles. The molecule has 0 radical (unpaired) electrons. The van der Waals surface area contributed by atoms with Crippen LogP contribution in [0, 0.1) is 11.3 Å². The smallest absolute Gasteiger partial charge is 0.142 e. The van der Waals surface area contributed by atoms with E-state index in [0.29, 0.717) is 17.9 Å². The molecule has 0 aliphatic heterocycles. The Bertz CT molecular complexity index is 2440. The van der Waals surface area contributed by atoms with Gasteiger partial charge in [-0.05, 0) is 66.2 Å². The minimum atomic E-state index is 0.513. The van der Waals surface area contributed by atoms with Crippen LogP contribution < -0.4 is 11.3 Å². The number of nitrogens with one attached hydrogen (secondary N) is 1. The van der Waals surface area contributed by atoms with Crippen molar-refractivity contribution in [1.29, 1.82) is 5.26 Å². The van der Waals surface area contributed by atoms with Gasteiger partial charge < -0.3 is 14.6 Å². The molecule has 3 N–H and O–H groups in total. The van der Waals surface area contributed by atoms with Crippen molar-refractivity contribution in [3.63, 3.8) is 0 Å². The molecule has 2 heterocycles. The molecule has 6 nitrogen and oxygen atoms in total. The lowest BCUT2D eigenvalue weighted by molar-refractivity contribution is 0.973. The van der Waals surface area contributed by atoms with E-state index in [0.717, 1.165) is 55.3 Å². The SMILES string of the molecule is N#Cc1ccc2c(c1)c1cc3c4ccccc4n(-c4ccccc4)c3cc1n2-c1cccc(/C(=N/Cc2ccccc2)NN)c1. The van der Waals surface area contributed by atoms with Gasteiger partial charge in [0.15, 0.2) is 0 Å². The zero-order valence-corrected chi connectivity index (χ0v) is 24.4. The summed E-state index contributed by atoms with van der Waals surface area (Å²) in [5.74, 6) is 6.61. The molecule has 0 bridgehead atoms. The number of aliphatic imine (C=N–C) groups is 1. The maximum Gasteiger partial charge on any atom is 0.142 e. The Morgan fingerprint density at radius 2 is 1.24 bits per heavy atom. The predicted molar refractivity (Wildman–Crippen MR) is 184 cm³/mol. The molecule has 8 aromatic rings. The molecule has 0 atom stereocenters. The molecule has 8 rings (SSSR count). The number of aromatic nitrogens is 2. The quantitative estimate of drug-likeness (QED) is 0.0932. The van der Waals surface area contributed by atoms with Gasteiger partial charge in [0.05, 0.1) is 40.2 Å². The number of benzene rings is 6. The summed E-state index contributed by atoms with van der Waals surface area (Å²) >= 11 is 0. The van der Waals surface area contributed by atoms with Gasteiger partial charge in [-0.25, -0.2) is 5.84 Å². The standard InChI is InChI=1S/C39H28N6/c40-24-27-18-19-36-32(20-27)34-22-33-31-16-7-8-17-35(31)44(29-13-5-2-6-14-29)37(33)23-38(34)45(36)30-15-9-12-28(21-30)39(43-41)42-25-26-10-3-1-4-11-26/h1-23H,25,41H2,(H,42,43). The van der Waals surface area contributed by atoms with Crippen LogP contribution in [-0.2, 0) is 6.54 Å². The lowest BCUT2D eigenvalue weighted by atomic mass is 10.1. The highest BCUT2D eigenvalue weighted by molar-refractivity contribution is 6.19. The van der Waals surface area contributed by atoms with Gasteiger partial charge in [-0.2, -0.15) is 5.26 Å². The van der Waals surface area contributed by atoms with Crippen LogP contribution in [0.15, 0.2) is 145 Å². The topological polar surface area (TPSA) is 84.1 Å². The van der Waals surface area contributed by atoms with Gasteiger partial charge >= 0.3 is 0 Å². The van der Waals surface area contributed by atoms with E-state index in [9.17, 15) is 5.26 Å². The number of nitriles is 1. The van der Waals surface area contributed by atoms with E-state index in [2.05, 4.69) is 106 Å².